The Hall–Kier alpha value is -0.740. The van der Waals surface area contributed by atoms with Gasteiger partial charge < -0.3 is 5.11 Å². The second-order valence-corrected chi connectivity index (χ2v) is 6.99. The lowest BCUT2D eigenvalue weighted by atomic mass is 10.1. The van der Waals surface area contributed by atoms with Gasteiger partial charge in [-0.15, -0.1) is 0 Å². The monoisotopic (exact) mass is 380 g/mol. The smallest absolute Gasteiger partial charge is 0.382 e. The molecule has 1 N–H and O–H groups in total. The minimum absolute atomic E-state index is 0.0184. The van der Waals surface area contributed by atoms with Crippen molar-refractivity contribution in [2.45, 2.75) is 28.9 Å². The fourth-order valence-corrected chi connectivity index (χ4v) is 3.51. The van der Waals surface area contributed by atoms with Gasteiger partial charge in [-0.3, -0.25) is 0 Å². The highest BCUT2D eigenvalue weighted by Gasteiger charge is 2.54. The average Bonchev–Trinajstić information content (AvgIpc) is 2.51. The summed E-state index contributed by atoms with van der Waals surface area (Å²) in [4.78, 5) is -1.34. The number of hydrogen-bond acceptors (Lipinski definition) is 3. The molecule has 0 saturated heterocycles. The number of aliphatic hydroxyl groups is 1. The maximum Gasteiger partial charge on any atom is 0.501 e. The van der Waals surface area contributed by atoms with Gasteiger partial charge in [0.2, 0.25) is 0 Å². The Bertz CT molecular complexity index is 668. The molecule has 1 aliphatic carbocycles. The first-order valence-corrected chi connectivity index (χ1v) is 7.35. The molecule has 20 heavy (non-hydrogen) atoms. The molecule has 3 nitrogen and oxygen atoms in total. The molecule has 0 fully saturated rings. The molecular formula is C10H6BrF5O3S. The lowest BCUT2D eigenvalue weighted by Gasteiger charge is -2.17. The van der Waals surface area contributed by atoms with Crippen molar-refractivity contribution < 1.29 is 35.5 Å². The zero-order valence-corrected chi connectivity index (χ0v) is 11.8. The minimum atomic E-state index is -5.82. The van der Waals surface area contributed by atoms with E-state index in [0.29, 0.717) is 6.07 Å². The van der Waals surface area contributed by atoms with Gasteiger partial charge in [-0.1, -0.05) is 15.9 Å². The van der Waals surface area contributed by atoms with Gasteiger partial charge >= 0.3 is 5.51 Å². The molecule has 0 bridgehead atoms. The topological polar surface area (TPSA) is 54.4 Å². The predicted octanol–water partition coefficient (Wildman–Crippen LogP) is 2.97. The van der Waals surface area contributed by atoms with Crippen LogP contribution in [0, 0.1) is 0 Å². The summed E-state index contributed by atoms with van der Waals surface area (Å²) in [5.74, 6) is -3.72. The molecule has 0 aliphatic heterocycles. The van der Waals surface area contributed by atoms with E-state index in [1.807, 2.05) is 0 Å². The Morgan fingerprint density at radius 1 is 1.30 bits per heavy atom. The lowest BCUT2D eigenvalue weighted by Crippen LogP contribution is -2.26. The van der Waals surface area contributed by atoms with Crippen LogP contribution in [0.4, 0.5) is 22.0 Å². The molecule has 1 aromatic carbocycles. The summed E-state index contributed by atoms with van der Waals surface area (Å²) in [5.41, 5.74) is -6.87. The molecule has 1 atom stereocenters. The molecule has 1 aromatic rings. The van der Waals surface area contributed by atoms with Crippen molar-refractivity contribution in [3.63, 3.8) is 0 Å². The van der Waals surface area contributed by atoms with Crippen LogP contribution in [0.15, 0.2) is 21.5 Å². The summed E-state index contributed by atoms with van der Waals surface area (Å²) in [6, 6.07) is 1.49. The molecule has 10 heteroatoms. The van der Waals surface area contributed by atoms with Crippen LogP contribution in [0.1, 0.15) is 17.2 Å². The van der Waals surface area contributed by atoms with E-state index in [1.165, 1.54) is 0 Å². The Kier molecular flexibility index (Phi) is 3.42. The maximum atomic E-state index is 13.4. The zero-order chi connectivity index (χ0) is 15.5. The third-order valence-electron chi connectivity index (χ3n) is 2.94. The van der Waals surface area contributed by atoms with Crippen molar-refractivity contribution in [3.8, 4) is 0 Å². The number of hydrogen-bond donors (Lipinski definition) is 1. The first kappa shape index (κ1) is 15.6. The summed E-state index contributed by atoms with van der Waals surface area (Å²) >= 11 is 2.86. The quantitative estimate of drug-likeness (QED) is 0.762. The Morgan fingerprint density at radius 2 is 1.85 bits per heavy atom. The largest absolute Gasteiger partial charge is 0.501 e. The standard InChI is InChI=1S/C10H6BrF5O3S/c11-5-1-2-6(20(18,19)10(14,15)16)7-4(5)3-9(12,13)8(7)17/h1-2,8,17H,3H2/t8-/m0/s1. The van der Waals surface area contributed by atoms with E-state index in [4.69, 9.17) is 0 Å². The van der Waals surface area contributed by atoms with Crippen LogP contribution in [-0.2, 0) is 16.3 Å². The van der Waals surface area contributed by atoms with Crippen LogP contribution >= 0.6 is 15.9 Å². The minimum Gasteiger partial charge on any atom is -0.382 e. The van der Waals surface area contributed by atoms with Gasteiger partial charge in [0.1, 0.15) is 6.10 Å². The van der Waals surface area contributed by atoms with Gasteiger partial charge in [0.05, 0.1) is 4.90 Å². The predicted molar refractivity (Wildman–Crippen MR) is 61.0 cm³/mol. The highest BCUT2D eigenvalue weighted by molar-refractivity contribution is 9.10. The number of rotatable bonds is 1. The van der Waals surface area contributed by atoms with Crippen molar-refractivity contribution in [1.29, 1.82) is 0 Å². The van der Waals surface area contributed by atoms with Crippen LogP contribution in [-0.4, -0.2) is 25.0 Å². The van der Waals surface area contributed by atoms with Gasteiger partial charge in [0, 0.05) is 16.5 Å². The van der Waals surface area contributed by atoms with E-state index >= 15 is 0 Å². The number of fused-ring (bicyclic) bond motifs is 1. The molecule has 0 amide bonds. The number of sulfone groups is 1. The van der Waals surface area contributed by atoms with Gasteiger partial charge in [0.25, 0.3) is 15.8 Å². The average molecular weight is 381 g/mol. The highest BCUT2D eigenvalue weighted by Crippen LogP contribution is 2.49. The lowest BCUT2D eigenvalue weighted by molar-refractivity contribution is -0.0978. The first-order valence-electron chi connectivity index (χ1n) is 5.08. The van der Waals surface area contributed by atoms with E-state index in [-0.39, 0.29) is 10.0 Å². The Labute approximate surface area is 118 Å². The van der Waals surface area contributed by atoms with Crippen LogP contribution in [0.5, 0.6) is 0 Å². The van der Waals surface area contributed by atoms with Crippen molar-refractivity contribution >= 4 is 25.8 Å². The number of benzene rings is 1. The molecule has 1 aliphatic rings. The summed E-state index contributed by atoms with van der Waals surface area (Å²) in [7, 11) is -5.82. The van der Waals surface area contributed by atoms with Crippen molar-refractivity contribution in [2.24, 2.45) is 0 Å². The van der Waals surface area contributed by atoms with Gasteiger partial charge in [-0.05, 0) is 17.7 Å². The van der Waals surface area contributed by atoms with Gasteiger partial charge in [0.15, 0.2) is 0 Å². The molecule has 2 rings (SSSR count). The van der Waals surface area contributed by atoms with E-state index < -0.39 is 44.3 Å². The molecule has 0 heterocycles. The Morgan fingerprint density at radius 3 is 2.35 bits per heavy atom. The zero-order valence-electron chi connectivity index (χ0n) is 9.38. The molecule has 0 radical (unpaired) electrons. The molecular weight excluding hydrogens is 375 g/mol. The third-order valence-corrected chi connectivity index (χ3v) is 5.23. The summed E-state index contributed by atoms with van der Waals surface area (Å²) < 4.78 is 87.3. The fraction of sp³-hybridized carbons (Fsp3) is 0.400. The van der Waals surface area contributed by atoms with Crippen LogP contribution < -0.4 is 0 Å². The SMILES string of the molecule is O=S(=O)(c1ccc(Br)c2c1[C@H](O)C(F)(F)C2)C(F)(F)F. The first-order chi connectivity index (χ1) is 8.89. The Balaban J connectivity index is 2.77. The van der Waals surface area contributed by atoms with E-state index in [9.17, 15) is 35.5 Å². The summed E-state index contributed by atoms with van der Waals surface area (Å²) in [5, 5.41) is 9.44. The molecule has 112 valence electrons. The molecule has 0 saturated carbocycles. The van der Waals surface area contributed by atoms with Crippen molar-refractivity contribution in [2.75, 3.05) is 0 Å². The number of alkyl halides is 5. The normalized spacial score (nSPS) is 21.9. The maximum absolute atomic E-state index is 13.4. The molecule has 0 unspecified atom stereocenters. The van der Waals surface area contributed by atoms with E-state index in [1.54, 1.807) is 0 Å². The van der Waals surface area contributed by atoms with Crippen molar-refractivity contribution in [3.05, 3.63) is 27.7 Å². The van der Waals surface area contributed by atoms with Gasteiger partial charge in [-0.2, -0.15) is 13.2 Å². The van der Waals surface area contributed by atoms with E-state index in [2.05, 4.69) is 15.9 Å². The highest BCUT2D eigenvalue weighted by atomic mass is 79.9. The number of aliphatic hydroxyl groups excluding tert-OH is 1. The number of halogens is 6. The molecule has 0 spiro atoms. The van der Waals surface area contributed by atoms with Crippen LogP contribution in [0.2, 0.25) is 0 Å². The van der Waals surface area contributed by atoms with Gasteiger partial charge in [-0.25, -0.2) is 17.2 Å². The van der Waals surface area contributed by atoms with Crippen LogP contribution in [0.25, 0.3) is 0 Å². The van der Waals surface area contributed by atoms with Crippen LogP contribution in [0.3, 0.4) is 0 Å². The third kappa shape index (κ3) is 2.13. The summed E-state index contributed by atoms with van der Waals surface area (Å²) in [6.07, 6.45) is -3.63. The summed E-state index contributed by atoms with van der Waals surface area (Å²) in [6.45, 7) is 0. The second kappa shape index (κ2) is 4.38. The van der Waals surface area contributed by atoms with E-state index in [0.717, 1.165) is 6.07 Å². The van der Waals surface area contributed by atoms with Crippen molar-refractivity contribution in [1.82, 2.24) is 0 Å². The molecule has 0 aromatic heterocycles. The fourth-order valence-electron chi connectivity index (χ4n) is 2.00. The second-order valence-electron chi connectivity index (χ2n) is 4.23.